The van der Waals surface area contributed by atoms with E-state index in [0.29, 0.717) is 77.2 Å². The second-order valence-electron chi connectivity index (χ2n) is 23.8. The number of carbonyl (C=O) groups excluding carboxylic acids is 5. The molecule has 448 valence electrons. The Kier molecular flexibility index (Phi) is 23.0. The molecule has 1 aliphatic rings. The molecule has 82 heavy (non-hydrogen) atoms. The van der Waals surface area contributed by atoms with Crippen LogP contribution in [0.3, 0.4) is 0 Å². The van der Waals surface area contributed by atoms with Crippen LogP contribution in [0, 0.1) is 33.6 Å². The Morgan fingerprint density at radius 2 is 1.28 bits per heavy atom. The van der Waals surface area contributed by atoms with Crippen molar-refractivity contribution in [3.63, 3.8) is 0 Å². The van der Waals surface area contributed by atoms with Gasteiger partial charge in [0.2, 0.25) is 11.9 Å². The largest absolute Gasteiger partial charge is 0.487 e. The fraction of sp³-hybridized carbons (Fsp3) is 0.516. The molecule has 1 aliphatic heterocycles. The molecule has 0 aliphatic carbocycles. The van der Waals surface area contributed by atoms with Crippen LogP contribution in [0.25, 0.3) is 0 Å². The lowest BCUT2D eigenvalue weighted by Crippen LogP contribution is -2.49. The molecule has 18 nitrogen and oxygen atoms in total. The number of hydrogen-bond donors (Lipinski definition) is 6. The third kappa shape index (κ3) is 18.7. The number of nitrogens with zero attached hydrogens (tertiary/aromatic N) is 1. The maximum absolute atomic E-state index is 15.4. The number of hydrogen-bond acceptors (Lipinski definition) is 13. The summed E-state index contributed by atoms with van der Waals surface area (Å²) in [7, 11) is -4.26. The van der Waals surface area contributed by atoms with Crippen molar-refractivity contribution in [3.05, 3.63) is 128 Å². The Morgan fingerprint density at radius 1 is 0.720 bits per heavy atom. The molecule has 1 unspecified atom stereocenters. The number of sulfonamides is 1. The smallest absolute Gasteiger partial charge is 0.407 e. The van der Waals surface area contributed by atoms with Crippen molar-refractivity contribution >= 4 is 57.4 Å². The first-order valence-corrected chi connectivity index (χ1v) is 30.0. The molecule has 0 aromatic heterocycles. The number of rotatable bonds is 26. The molecule has 1 heterocycles. The number of carbonyl (C=O) groups is 5. The summed E-state index contributed by atoms with van der Waals surface area (Å²) in [4.78, 5) is 73.3. The molecule has 4 atom stereocenters. The number of nitrogens with two attached hydrogens (primary N) is 2. The number of halogens is 1. The normalized spacial score (nSPS) is 15.1. The topological polar surface area (TPSA) is 269 Å². The van der Waals surface area contributed by atoms with E-state index in [0.717, 1.165) is 16.7 Å². The number of alkyl carbamates (subject to hydrolysis) is 2. The maximum Gasteiger partial charge on any atom is 0.407 e. The zero-order chi connectivity index (χ0) is 60.8. The van der Waals surface area contributed by atoms with E-state index in [-0.39, 0.29) is 49.6 Å². The fourth-order valence-corrected chi connectivity index (χ4v) is 11.7. The van der Waals surface area contributed by atoms with Crippen LogP contribution in [0.5, 0.6) is 5.75 Å². The highest BCUT2D eigenvalue weighted by atomic mass is 35.5. The van der Waals surface area contributed by atoms with E-state index >= 15 is 4.79 Å². The molecule has 0 saturated heterocycles. The Hall–Kier alpha value is -6.70. The highest BCUT2D eigenvalue weighted by molar-refractivity contribution is 7.90. The summed E-state index contributed by atoms with van der Waals surface area (Å²) in [5.74, 6) is -2.85. The second-order valence-corrected chi connectivity index (χ2v) is 25.8. The summed E-state index contributed by atoms with van der Waals surface area (Å²) in [5, 5.41) is 8.60. The number of Topliss-reactive ketones (excluding diaryl/α,β-unsaturated/α-hetero) is 1. The summed E-state index contributed by atoms with van der Waals surface area (Å²) < 4.78 is 54.4. The number of guanidine groups is 1. The van der Waals surface area contributed by atoms with Crippen molar-refractivity contribution in [1.82, 2.24) is 20.7 Å². The van der Waals surface area contributed by atoms with Crippen LogP contribution in [0.15, 0.2) is 88.8 Å². The number of ketones is 1. The van der Waals surface area contributed by atoms with Crippen molar-refractivity contribution in [3.8, 4) is 5.75 Å². The van der Waals surface area contributed by atoms with Gasteiger partial charge in [0.1, 0.15) is 22.6 Å². The van der Waals surface area contributed by atoms with Gasteiger partial charge in [-0.05, 0) is 152 Å². The number of esters is 1. The average Bonchev–Trinajstić information content (AvgIpc) is 3.92. The molecule has 0 radical (unpaired) electrons. The molecular weight excluding hydrogens is 1090 g/mol. The minimum atomic E-state index is -4.26. The monoisotopic (exact) mass is 1170 g/mol. The molecule has 4 aromatic carbocycles. The molecule has 20 heteroatoms. The maximum atomic E-state index is 15.4. The first kappa shape index (κ1) is 66.1. The van der Waals surface area contributed by atoms with Gasteiger partial charge in [0.25, 0.3) is 10.0 Å². The third-order valence-electron chi connectivity index (χ3n) is 14.0. The summed E-state index contributed by atoms with van der Waals surface area (Å²) >= 11 is 7.05. The molecule has 4 aromatic rings. The quantitative estimate of drug-likeness (QED) is 0.00854. The third-order valence-corrected chi connectivity index (χ3v) is 15.9. The predicted octanol–water partition coefficient (Wildman–Crippen LogP) is 9.97. The number of aryl methyl sites for hydroxylation is 1. The van der Waals surface area contributed by atoms with Gasteiger partial charge in [-0.25, -0.2) is 22.7 Å². The van der Waals surface area contributed by atoms with Crippen LogP contribution >= 0.6 is 11.6 Å². The van der Waals surface area contributed by atoms with Crippen molar-refractivity contribution in [2.75, 3.05) is 19.6 Å². The van der Waals surface area contributed by atoms with Gasteiger partial charge in [0, 0.05) is 65.3 Å². The van der Waals surface area contributed by atoms with Gasteiger partial charge in [-0.2, -0.15) is 0 Å². The lowest BCUT2D eigenvalue weighted by atomic mass is 9.79. The van der Waals surface area contributed by atoms with Crippen LogP contribution < -0.4 is 36.9 Å². The van der Waals surface area contributed by atoms with Gasteiger partial charge in [-0.15, -0.1) is 0 Å². The summed E-state index contributed by atoms with van der Waals surface area (Å²) in [6, 6.07) is 21.6. The van der Waals surface area contributed by atoms with Crippen molar-refractivity contribution in [1.29, 1.82) is 0 Å². The summed E-state index contributed by atoms with van der Waals surface area (Å²) in [6.45, 7) is 22.2. The van der Waals surface area contributed by atoms with Crippen LogP contribution in [0.2, 0.25) is 5.02 Å². The number of ether oxygens (including phenoxy) is 4. The van der Waals surface area contributed by atoms with E-state index in [4.69, 9.17) is 42.0 Å². The highest BCUT2D eigenvalue weighted by Gasteiger charge is 2.44. The Balaban J connectivity index is 1.46. The number of amides is 3. The Labute approximate surface area is 490 Å². The molecular formula is C62H86ClN7O11S. The fourth-order valence-electron chi connectivity index (χ4n) is 9.90. The molecule has 0 saturated carbocycles. The standard InChI is InChI=1S/C62H86ClN7O11S/c1-39-30-32-45(33-31-39)62(44-24-14-13-15-25-44,47-26-16-17-27-48(47)63)79-55(73)43(23-22-36-66-56(65)70-82(76,77)53-41(3)40(2)46-38-61(11,12)78-52(46)42(53)4)37-51(71)50(29-19-21-35-68-58(75)81-60(8,9)10)69-54(72)49(64)28-18-20-34-67-57(74)80-59(5,6)7/h13-17,24-27,30-33,43,49-50H,18-23,28-29,34-38,64H2,1-12H3,(H,67,74)(H,68,75)(H,69,72)(H3,65,66,70)/t43-,49+,50+,62?/m1/s1. The van der Waals surface area contributed by atoms with Gasteiger partial charge in [0.05, 0.1) is 22.9 Å². The van der Waals surface area contributed by atoms with Gasteiger partial charge in [0.15, 0.2) is 11.4 Å². The first-order valence-electron chi connectivity index (χ1n) is 28.1. The molecule has 8 N–H and O–H groups in total. The SMILES string of the molecule is Cc1ccc(C(OC(=O)[C@H](CCCN=C(N)NS(=O)(=O)c2c(C)c(C)c3c(c2C)OC(C)(C)C3)CC(=O)[C@H](CCCCNC(=O)OC(C)(C)C)NC(=O)[C@@H](N)CCCCNC(=O)OC(C)(C)C)(c2ccccc2)c2ccccc2Cl)cc1. The zero-order valence-corrected chi connectivity index (χ0v) is 51.4. The van der Waals surface area contributed by atoms with Crippen LogP contribution in [-0.2, 0) is 50.6 Å². The Morgan fingerprint density at radius 3 is 1.87 bits per heavy atom. The van der Waals surface area contributed by atoms with Gasteiger partial charge in [-0.1, -0.05) is 90.0 Å². The van der Waals surface area contributed by atoms with Crippen molar-refractivity contribution in [2.45, 2.75) is 187 Å². The number of nitrogens with one attached hydrogen (secondary N) is 4. The van der Waals surface area contributed by atoms with E-state index in [1.807, 2.05) is 82.3 Å². The molecule has 0 spiro atoms. The van der Waals surface area contributed by atoms with Gasteiger partial charge < -0.3 is 46.4 Å². The summed E-state index contributed by atoms with van der Waals surface area (Å²) in [5.41, 5.74) is 14.6. The van der Waals surface area contributed by atoms with E-state index in [1.54, 1.807) is 79.7 Å². The number of aliphatic imine (C=N–C) groups is 1. The highest BCUT2D eigenvalue weighted by Crippen LogP contribution is 2.46. The van der Waals surface area contributed by atoms with E-state index in [9.17, 15) is 27.6 Å². The van der Waals surface area contributed by atoms with Crippen molar-refractivity contribution in [2.24, 2.45) is 22.4 Å². The van der Waals surface area contributed by atoms with Crippen LogP contribution in [0.4, 0.5) is 9.59 Å². The van der Waals surface area contributed by atoms with Crippen LogP contribution in [-0.4, -0.2) is 92.7 Å². The lowest BCUT2D eigenvalue weighted by molar-refractivity contribution is -0.160. The van der Waals surface area contributed by atoms with E-state index in [2.05, 4.69) is 25.7 Å². The molecule has 0 fully saturated rings. The molecule has 3 amide bonds. The predicted molar refractivity (Wildman–Crippen MR) is 319 cm³/mol. The second kappa shape index (κ2) is 28.5. The van der Waals surface area contributed by atoms with E-state index < -0.39 is 86.7 Å². The molecule has 0 bridgehead atoms. The summed E-state index contributed by atoms with van der Waals surface area (Å²) in [6.07, 6.45) is 1.30. The number of fused-ring (bicyclic) bond motifs is 1. The average molecular weight is 1170 g/mol. The minimum Gasteiger partial charge on any atom is -0.487 e. The van der Waals surface area contributed by atoms with Gasteiger partial charge in [-0.3, -0.25) is 19.4 Å². The lowest BCUT2D eigenvalue weighted by Gasteiger charge is -2.37. The Bertz CT molecular complexity index is 3030. The van der Waals surface area contributed by atoms with Crippen molar-refractivity contribution < 1.29 is 51.3 Å². The minimum absolute atomic E-state index is 0.00205. The molecule has 5 rings (SSSR count). The number of unbranched alkanes of at least 4 members (excludes halogenated alkanes) is 2. The van der Waals surface area contributed by atoms with Gasteiger partial charge >= 0.3 is 18.2 Å². The van der Waals surface area contributed by atoms with Crippen LogP contribution in [0.1, 0.15) is 158 Å². The van der Waals surface area contributed by atoms with E-state index in [1.165, 1.54) is 0 Å². The number of benzene rings is 4. The zero-order valence-electron chi connectivity index (χ0n) is 49.8. The first-order chi connectivity index (χ1) is 38.3.